The summed E-state index contributed by atoms with van der Waals surface area (Å²) in [6.45, 7) is 16.5. The molecule has 0 bridgehead atoms. The zero-order chi connectivity index (χ0) is 31.5. The number of ether oxygens (including phenoxy) is 2. The maximum Gasteiger partial charge on any atom is 0.407 e. The molecule has 0 spiro atoms. The lowest BCUT2D eigenvalue weighted by Gasteiger charge is -2.30. The van der Waals surface area contributed by atoms with E-state index >= 15 is 0 Å². The average Bonchev–Trinajstić information content (AvgIpc) is 3.70. The molecule has 3 heterocycles. The van der Waals surface area contributed by atoms with Crippen LogP contribution in [0.25, 0.3) is 0 Å². The highest BCUT2D eigenvalue weighted by molar-refractivity contribution is 5.69. The molecule has 2 saturated heterocycles. The number of likely N-dealkylation sites (N-methyl/N-ethyl adjacent to an activating group) is 1. The minimum absolute atomic E-state index is 0.128. The van der Waals surface area contributed by atoms with Gasteiger partial charge in [0.15, 0.2) is 0 Å². The van der Waals surface area contributed by atoms with Gasteiger partial charge in [0.1, 0.15) is 0 Å². The molecule has 3 rings (SSSR count). The predicted molar refractivity (Wildman–Crippen MR) is 170 cm³/mol. The SMILES string of the molecule is C/C=C\C=C\C(C)CC1OC1C(C)CCC.CC1/C=C/CC(C)CCC(O)CC(=O)OC1.CN1CCN(C(=O)O)CC1. The minimum Gasteiger partial charge on any atom is -0.465 e. The van der Waals surface area contributed by atoms with Crippen LogP contribution in [-0.4, -0.2) is 90.2 Å². The number of amides is 1. The third-order valence-electron chi connectivity index (χ3n) is 7.95. The zero-order valence-electron chi connectivity index (χ0n) is 27.4. The van der Waals surface area contributed by atoms with Gasteiger partial charge in [-0.1, -0.05) is 77.5 Å². The fourth-order valence-corrected chi connectivity index (χ4v) is 5.05. The molecule has 2 N–H and O–H groups in total. The molecule has 2 fully saturated rings. The van der Waals surface area contributed by atoms with Gasteiger partial charge in [-0.3, -0.25) is 4.79 Å². The van der Waals surface area contributed by atoms with Crippen molar-refractivity contribution in [3.05, 3.63) is 36.5 Å². The van der Waals surface area contributed by atoms with Crippen molar-refractivity contribution < 1.29 is 29.3 Å². The van der Waals surface area contributed by atoms with Crippen molar-refractivity contribution in [2.24, 2.45) is 23.7 Å². The van der Waals surface area contributed by atoms with E-state index in [-0.39, 0.29) is 18.3 Å². The topological polar surface area (TPSA) is 103 Å². The van der Waals surface area contributed by atoms with Crippen molar-refractivity contribution in [3.8, 4) is 0 Å². The van der Waals surface area contributed by atoms with Gasteiger partial charge in [0.2, 0.25) is 0 Å². The van der Waals surface area contributed by atoms with Crippen LogP contribution in [0.2, 0.25) is 0 Å². The number of cyclic esters (lactones) is 1. The normalized spacial score (nSPS) is 29.6. The van der Waals surface area contributed by atoms with Crippen molar-refractivity contribution >= 4 is 12.1 Å². The van der Waals surface area contributed by atoms with Crippen molar-refractivity contribution in [3.63, 3.8) is 0 Å². The number of hydrogen-bond donors (Lipinski definition) is 2. The molecule has 0 saturated carbocycles. The first-order valence-electron chi connectivity index (χ1n) is 16.1. The Bertz CT molecular complexity index is 836. The van der Waals surface area contributed by atoms with Crippen molar-refractivity contribution in [2.75, 3.05) is 39.8 Å². The summed E-state index contributed by atoms with van der Waals surface area (Å²) in [7, 11) is 2.00. The molecule has 242 valence electrons. The molecule has 7 unspecified atom stereocenters. The Morgan fingerprint density at radius 2 is 1.83 bits per heavy atom. The number of aliphatic hydroxyl groups excluding tert-OH is 1. The van der Waals surface area contributed by atoms with E-state index in [1.807, 2.05) is 20.9 Å². The van der Waals surface area contributed by atoms with E-state index in [2.05, 4.69) is 69.1 Å². The molecule has 3 aliphatic heterocycles. The van der Waals surface area contributed by atoms with E-state index in [0.717, 1.165) is 31.8 Å². The summed E-state index contributed by atoms with van der Waals surface area (Å²) in [6, 6.07) is 0. The number of carboxylic acid groups (broad SMARTS) is 1. The first-order valence-corrected chi connectivity index (χ1v) is 16.1. The highest BCUT2D eigenvalue weighted by Gasteiger charge is 2.42. The maximum atomic E-state index is 11.3. The van der Waals surface area contributed by atoms with Gasteiger partial charge in [-0.25, -0.2) is 4.79 Å². The van der Waals surface area contributed by atoms with Crippen molar-refractivity contribution in [2.45, 2.75) is 105 Å². The Morgan fingerprint density at radius 3 is 2.45 bits per heavy atom. The maximum absolute atomic E-state index is 11.3. The third kappa shape index (κ3) is 17.7. The number of epoxide rings is 1. The molecule has 0 aromatic carbocycles. The van der Waals surface area contributed by atoms with E-state index in [9.17, 15) is 14.7 Å². The summed E-state index contributed by atoms with van der Waals surface area (Å²) in [5.74, 6) is 1.89. The summed E-state index contributed by atoms with van der Waals surface area (Å²) in [5, 5.41) is 18.2. The van der Waals surface area contributed by atoms with Crippen LogP contribution in [0.4, 0.5) is 4.79 Å². The molecular weight excluding hydrogens is 532 g/mol. The Kier molecular flexibility index (Phi) is 19.4. The molecule has 0 aromatic heterocycles. The molecule has 8 nitrogen and oxygen atoms in total. The summed E-state index contributed by atoms with van der Waals surface area (Å²) in [5.41, 5.74) is 0. The van der Waals surface area contributed by atoms with Crippen molar-refractivity contribution in [1.82, 2.24) is 9.80 Å². The second-order valence-corrected chi connectivity index (χ2v) is 12.5. The largest absolute Gasteiger partial charge is 0.465 e. The van der Waals surface area contributed by atoms with Crippen molar-refractivity contribution in [1.29, 1.82) is 0 Å². The second-order valence-electron chi connectivity index (χ2n) is 12.5. The molecule has 0 aliphatic carbocycles. The van der Waals surface area contributed by atoms with Gasteiger partial charge in [0.25, 0.3) is 0 Å². The van der Waals surface area contributed by atoms with E-state index in [0.29, 0.717) is 50.2 Å². The highest BCUT2D eigenvalue weighted by atomic mass is 16.6. The Labute approximate surface area is 255 Å². The van der Waals surface area contributed by atoms with Gasteiger partial charge in [0.05, 0.1) is 31.3 Å². The Hall–Kier alpha value is -2.16. The number of rotatable bonds is 7. The standard InChI is InChI=1S/C15H26O.C13H22O3.C6H12N2O2/c1-5-7-8-10-12(3)11-14-15(16-14)13(4)9-6-2;1-10-4-3-5-11(2)9-16-13(15)8-12(14)7-6-10;1-7-2-4-8(5-3-7)6(9)10/h5,7-8,10,12-15H,6,9,11H2,1-4H3;3,5,10-12,14H,4,6-9H2,1-2H3;2-5H2,1H3,(H,9,10)/b7-5-,10-8+;5-3+;. The zero-order valence-corrected chi connectivity index (χ0v) is 27.4. The third-order valence-corrected chi connectivity index (χ3v) is 7.95. The van der Waals surface area contributed by atoms with E-state index in [4.69, 9.17) is 14.6 Å². The van der Waals surface area contributed by atoms with Gasteiger partial charge in [-0.15, -0.1) is 0 Å². The van der Waals surface area contributed by atoms with Crippen LogP contribution < -0.4 is 0 Å². The number of piperazine rings is 1. The molecule has 0 aromatic rings. The quantitative estimate of drug-likeness (QED) is 0.149. The van der Waals surface area contributed by atoms with E-state index in [1.54, 1.807) is 0 Å². The number of hydrogen-bond acceptors (Lipinski definition) is 6. The van der Waals surface area contributed by atoms with Crippen LogP contribution in [0, 0.1) is 23.7 Å². The second kappa shape index (κ2) is 21.5. The van der Waals surface area contributed by atoms with Crippen LogP contribution in [0.1, 0.15) is 86.5 Å². The van der Waals surface area contributed by atoms with Crippen LogP contribution in [-0.2, 0) is 14.3 Å². The fourth-order valence-electron chi connectivity index (χ4n) is 5.05. The first-order chi connectivity index (χ1) is 20.0. The molecule has 3 aliphatic rings. The molecular formula is C34H60N2O6. The van der Waals surface area contributed by atoms with E-state index in [1.165, 1.54) is 24.2 Å². The molecule has 0 radical (unpaired) electrons. The van der Waals surface area contributed by atoms with Gasteiger partial charge < -0.3 is 29.5 Å². The lowest BCUT2D eigenvalue weighted by Crippen LogP contribution is -2.46. The van der Waals surface area contributed by atoms with Gasteiger partial charge in [-0.05, 0) is 63.8 Å². The molecule has 1 amide bonds. The minimum atomic E-state index is -0.798. The molecule has 42 heavy (non-hydrogen) atoms. The molecule has 7 atom stereocenters. The summed E-state index contributed by atoms with van der Waals surface area (Å²) < 4.78 is 10.8. The lowest BCUT2D eigenvalue weighted by atomic mass is 9.95. The summed E-state index contributed by atoms with van der Waals surface area (Å²) >= 11 is 0. The van der Waals surface area contributed by atoms with Crippen LogP contribution in [0.5, 0.6) is 0 Å². The van der Waals surface area contributed by atoms with E-state index < -0.39 is 12.2 Å². The van der Waals surface area contributed by atoms with Gasteiger partial charge in [0, 0.05) is 32.1 Å². The Balaban J connectivity index is 0.000000324. The molecule has 8 heteroatoms. The van der Waals surface area contributed by atoms with Crippen LogP contribution in [0.3, 0.4) is 0 Å². The average molecular weight is 593 g/mol. The number of allylic oxidation sites excluding steroid dienone is 5. The van der Waals surface area contributed by atoms with Gasteiger partial charge in [-0.2, -0.15) is 0 Å². The number of carbonyl (C=O) groups excluding carboxylic acids is 1. The lowest BCUT2D eigenvalue weighted by molar-refractivity contribution is -0.146. The monoisotopic (exact) mass is 592 g/mol. The smallest absolute Gasteiger partial charge is 0.407 e. The Morgan fingerprint density at radius 1 is 1.14 bits per heavy atom. The van der Waals surface area contributed by atoms with Crippen LogP contribution >= 0.6 is 0 Å². The number of carbonyl (C=O) groups is 2. The summed E-state index contributed by atoms with van der Waals surface area (Å²) in [6.07, 6.45) is 19.0. The van der Waals surface area contributed by atoms with Crippen LogP contribution in [0.15, 0.2) is 36.5 Å². The fraction of sp³-hybridized carbons (Fsp3) is 0.765. The predicted octanol–water partition coefficient (Wildman–Crippen LogP) is 6.55. The number of esters is 1. The number of nitrogens with zero attached hydrogens (tertiary/aromatic N) is 2. The number of aliphatic hydroxyl groups is 1. The highest BCUT2D eigenvalue weighted by Crippen LogP contribution is 2.36. The van der Waals surface area contributed by atoms with Gasteiger partial charge >= 0.3 is 12.1 Å². The first kappa shape index (κ1) is 37.9. The summed E-state index contributed by atoms with van der Waals surface area (Å²) in [4.78, 5) is 25.3.